The van der Waals surface area contributed by atoms with Gasteiger partial charge in [-0.1, -0.05) is 18.2 Å². The normalized spacial score (nSPS) is 9.62. The van der Waals surface area contributed by atoms with E-state index >= 15 is 0 Å². The van der Waals surface area contributed by atoms with E-state index in [9.17, 15) is 9.59 Å². The van der Waals surface area contributed by atoms with E-state index in [2.05, 4.69) is 13.2 Å². The molecule has 2 amide bonds. The van der Waals surface area contributed by atoms with Crippen LogP contribution in [0.1, 0.15) is 20.7 Å². The number of nitrogens with one attached hydrogen (secondary N) is 2. The van der Waals surface area contributed by atoms with Crippen molar-refractivity contribution in [2.45, 2.75) is 0 Å². The van der Waals surface area contributed by atoms with Gasteiger partial charge in [0.2, 0.25) is 0 Å². The molecule has 7 nitrogen and oxygen atoms in total. The quantitative estimate of drug-likeness (QED) is 0.245. The summed E-state index contributed by atoms with van der Waals surface area (Å²) in [5.41, 5.74) is 4.88. The fourth-order valence-electron chi connectivity index (χ4n) is 1.96. The zero-order chi connectivity index (χ0) is 15.8. The second-order valence-electron chi connectivity index (χ2n) is 4.13. The third-order valence-electron chi connectivity index (χ3n) is 2.82. The van der Waals surface area contributed by atoms with Gasteiger partial charge in [-0.25, -0.2) is 11.7 Å². The number of benzene rings is 1. The van der Waals surface area contributed by atoms with E-state index in [0.717, 1.165) is 0 Å². The Balaban J connectivity index is 3.48. The van der Waals surface area contributed by atoms with Gasteiger partial charge in [0.05, 0.1) is 16.8 Å². The van der Waals surface area contributed by atoms with E-state index in [1.807, 2.05) is 15.8 Å². The predicted molar refractivity (Wildman–Crippen MR) is 82.4 cm³/mol. The molecule has 0 unspecified atom stereocenters. The van der Waals surface area contributed by atoms with Gasteiger partial charge in [-0.3, -0.25) is 20.4 Å². The zero-order valence-corrected chi connectivity index (χ0v) is 11.6. The largest absolute Gasteiger partial charge is 0.363 e. The third kappa shape index (κ3) is 3.68. The molecular weight excluding hydrogens is 270 g/mol. The van der Waals surface area contributed by atoms with Crippen molar-refractivity contribution in [1.82, 2.24) is 10.9 Å². The third-order valence-corrected chi connectivity index (χ3v) is 2.82. The molecule has 1 aromatic carbocycles. The maximum absolute atomic E-state index is 12.1. The first-order valence-electron chi connectivity index (χ1n) is 6.22. The van der Waals surface area contributed by atoms with Crippen molar-refractivity contribution in [3.8, 4) is 0 Å². The molecule has 0 radical (unpaired) electrons. The number of nitrogens with two attached hydrogens (primary N) is 2. The lowest BCUT2D eigenvalue weighted by Gasteiger charge is -2.25. The highest BCUT2D eigenvalue weighted by Gasteiger charge is 2.22. The van der Waals surface area contributed by atoms with E-state index in [1.54, 1.807) is 24.3 Å². The van der Waals surface area contributed by atoms with Crippen molar-refractivity contribution in [3.05, 3.63) is 54.6 Å². The van der Waals surface area contributed by atoms with Crippen LogP contribution in [0.25, 0.3) is 0 Å². The molecule has 1 aromatic rings. The highest BCUT2D eigenvalue weighted by molar-refractivity contribution is 6.10. The van der Waals surface area contributed by atoms with Gasteiger partial charge < -0.3 is 4.90 Å². The van der Waals surface area contributed by atoms with Crippen LogP contribution in [0.3, 0.4) is 0 Å². The van der Waals surface area contributed by atoms with Gasteiger partial charge in [-0.2, -0.15) is 0 Å². The smallest absolute Gasteiger partial charge is 0.268 e. The van der Waals surface area contributed by atoms with Gasteiger partial charge in [0, 0.05) is 13.1 Å². The average Bonchev–Trinajstić information content (AvgIpc) is 2.52. The van der Waals surface area contributed by atoms with Crippen LogP contribution in [-0.4, -0.2) is 24.9 Å². The second-order valence-corrected chi connectivity index (χ2v) is 4.13. The Morgan fingerprint density at radius 2 is 1.67 bits per heavy atom. The molecule has 0 aromatic heterocycles. The maximum Gasteiger partial charge on any atom is 0.268 e. The number of carbonyl (C=O) groups excluding carboxylic acids is 2. The molecule has 6 N–H and O–H groups in total. The number of hydrogen-bond acceptors (Lipinski definition) is 5. The number of hydrazine groups is 2. The Hall–Kier alpha value is -2.64. The number of carbonyl (C=O) groups is 2. The van der Waals surface area contributed by atoms with Crippen LogP contribution in [0.4, 0.5) is 5.69 Å². The SMILES string of the molecule is C=CCN(CC=C)c1cccc(C(=O)NN)c1C(=O)NN. The standard InChI is InChI=1S/C14H19N5O2/c1-3-8-19(9-4-2)11-7-5-6-10(13(20)17-15)12(11)14(21)18-16/h3-7H,1-2,8-9,15-16H2,(H,17,20)(H,18,21). The van der Waals surface area contributed by atoms with Crippen LogP contribution in [0.15, 0.2) is 43.5 Å². The summed E-state index contributed by atoms with van der Waals surface area (Å²) in [6.45, 7) is 8.31. The molecule has 1 rings (SSSR count). The Morgan fingerprint density at radius 1 is 1.10 bits per heavy atom. The van der Waals surface area contributed by atoms with E-state index in [-0.39, 0.29) is 11.1 Å². The number of rotatable bonds is 7. The number of amides is 2. The minimum Gasteiger partial charge on any atom is -0.363 e. The highest BCUT2D eigenvalue weighted by atomic mass is 16.2. The van der Waals surface area contributed by atoms with Crippen LogP contribution in [0.2, 0.25) is 0 Å². The number of nitrogens with zero attached hydrogens (tertiary/aromatic N) is 1. The topological polar surface area (TPSA) is 113 Å². The van der Waals surface area contributed by atoms with Crippen LogP contribution < -0.4 is 27.4 Å². The molecular formula is C14H19N5O2. The Labute approximate surface area is 123 Å². The van der Waals surface area contributed by atoms with E-state index in [1.165, 1.54) is 6.07 Å². The van der Waals surface area contributed by atoms with Crippen molar-refractivity contribution in [3.63, 3.8) is 0 Å². The summed E-state index contributed by atoms with van der Waals surface area (Å²) in [7, 11) is 0. The minimum atomic E-state index is -0.581. The highest BCUT2D eigenvalue weighted by Crippen LogP contribution is 2.24. The number of hydrogen-bond donors (Lipinski definition) is 4. The lowest BCUT2D eigenvalue weighted by atomic mass is 10.0. The summed E-state index contributed by atoms with van der Waals surface area (Å²) < 4.78 is 0. The fraction of sp³-hybridized carbons (Fsp3) is 0.143. The Kier molecular flexibility index (Phi) is 6.12. The van der Waals surface area contributed by atoms with E-state index < -0.39 is 11.8 Å². The van der Waals surface area contributed by atoms with Gasteiger partial charge in [0.25, 0.3) is 11.8 Å². The van der Waals surface area contributed by atoms with Crippen LogP contribution in [0.5, 0.6) is 0 Å². The Morgan fingerprint density at radius 3 is 2.14 bits per heavy atom. The Bertz CT molecular complexity index is 546. The lowest BCUT2D eigenvalue weighted by Crippen LogP contribution is -2.37. The van der Waals surface area contributed by atoms with Gasteiger partial charge in [0.1, 0.15) is 0 Å². The van der Waals surface area contributed by atoms with E-state index in [4.69, 9.17) is 11.7 Å². The summed E-state index contributed by atoms with van der Waals surface area (Å²) in [6, 6.07) is 4.87. The molecule has 21 heavy (non-hydrogen) atoms. The maximum atomic E-state index is 12.1. The first-order valence-corrected chi connectivity index (χ1v) is 6.22. The van der Waals surface area contributed by atoms with Gasteiger partial charge >= 0.3 is 0 Å². The summed E-state index contributed by atoms with van der Waals surface area (Å²) in [4.78, 5) is 25.7. The van der Waals surface area contributed by atoms with Crippen molar-refractivity contribution >= 4 is 17.5 Å². The first kappa shape index (κ1) is 16.4. The molecule has 0 aliphatic rings. The molecule has 112 valence electrons. The summed E-state index contributed by atoms with van der Waals surface area (Å²) in [5, 5.41) is 0. The van der Waals surface area contributed by atoms with Crippen molar-refractivity contribution in [2.75, 3.05) is 18.0 Å². The van der Waals surface area contributed by atoms with Crippen molar-refractivity contribution in [2.24, 2.45) is 11.7 Å². The number of anilines is 1. The summed E-state index contributed by atoms with van der Waals surface area (Å²) in [5.74, 6) is 9.20. The molecule has 0 atom stereocenters. The predicted octanol–water partition coefficient (Wildman–Crippen LogP) is 0.0720. The van der Waals surface area contributed by atoms with E-state index in [0.29, 0.717) is 18.8 Å². The van der Waals surface area contributed by atoms with Crippen molar-refractivity contribution < 1.29 is 9.59 Å². The molecule has 0 aliphatic carbocycles. The summed E-state index contributed by atoms with van der Waals surface area (Å²) in [6.07, 6.45) is 3.37. The molecule has 0 bridgehead atoms. The molecule has 0 heterocycles. The molecule has 0 fully saturated rings. The minimum absolute atomic E-state index is 0.135. The van der Waals surface area contributed by atoms with Crippen LogP contribution >= 0.6 is 0 Å². The molecule has 0 spiro atoms. The molecule has 7 heteroatoms. The average molecular weight is 289 g/mol. The van der Waals surface area contributed by atoms with Gasteiger partial charge in [-0.05, 0) is 12.1 Å². The van der Waals surface area contributed by atoms with Crippen molar-refractivity contribution in [1.29, 1.82) is 0 Å². The van der Waals surface area contributed by atoms with Crippen LogP contribution in [-0.2, 0) is 0 Å². The molecule has 0 saturated heterocycles. The zero-order valence-electron chi connectivity index (χ0n) is 11.6. The molecule has 0 aliphatic heterocycles. The van der Waals surface area contributed by atoms with Gasteiger partial charge in [0.15, 0.2) is 0 Å². The molecule has 0 saturated carbocycles. The first-order chi connectivity index (χ1) is 10.1. The fourth-order valence-corrected chi connectivity index (χ4v) is 1.96. The van der Waals surface area contributed by atoms with Crippen LogP contribution in [0, 0.1) is 0 Å². The van der Waals surface area contributed by atoms with Gasteiger partial charge in [-0.15, -0.1) is 13.2 Å². The monoisotopic (exact) mass is 289 g/mol. The lowest BCUT2D eigenvalue weighted by molar-refractivity contribution is 0.0920. The summed E-state index contributed by atoms with van der Waals surface area (Å²) >= 11 is 0. The second kappa shape index (κ2) is 7.83. The number of nitrogen functional groups attached to an aromatic ring is 2.